The number of hydrogen-bond donors (Lipinski definition) is 1. The van der Waals surface area contributed by atoms with E-state index in [0.717, 1.165) is 6.07 Å². The largest absolute Gasteiger partial charge is 0.449 e. The summed E-state index contributed by atoms with van der Waals surface area (Å²) in [5.74, 6) is -2.24. The van der Waals surface area contributed by atoms with Gasteiger partial charge < -0.3 is 10.1 Å². The minimum Gasteiger partial charge on any atom is -0.449 e. The molecule has 0 heterocycles. The van der Waals surface area contributed by atoms with Crippen molar-refractivity contribution in [1.29, 1.82) is 0 Å². The first-order valence-electron chi connectivity index (χ1n) is 6.89. The fourth-order valence-electron chi connectivity index (χ4n) is 1.83. The molecule has 2 aromatic rings. The summed E-state index contributed by atoms with van der Waals surface area (Å²) in [6, 6.07) is 10.5. The third-order valence-electron chi connectivity index (χ3n) is 3.08. The van der Waals surface area contributed by atoms with E-state index in [1.165, 1.54) is 43.3 Å². The topological polar surface area (TPSA) is 98.5 Å². The summed E-state index contributed by atoms with van der Waals surface area (Å²) in [7, 11) is 0. The van der Waals surface area contributed by atoms with Gasteiger partial charge in [0.2, 0.25) is 0 Å². The average Bonchev–Trinajstić information content (AvgIpc) is 2.56. The highest BCUT2D eigenvalue weighted by Crippen LogP contribution is 2.16. The maximum atomic E-state index is 13.5. The van der Waals surface area contributed by atoms with Gasteiger partial charge in [-0.15, -0.1) is 0 Å². The molecule has 1 atom stereocenters. The molecule has 0 bridgehead atoms. The third-order valence-corrected chi connectivity index (χ3v) is 3.08. The Morgan fingerprint density at radius 2 is 1.92 bits per heavy atom. The van der Waals surface area contributed by atoms with Gasteiger partial charge in [0.15, 0.2) is 6.10 Å². The van der Waals surface area contributed by atoms with E-state index in [4.69, 9.17) is 4.74 Å². The van der Waals surface area contributed by atoms with Crippen molar-refractivity contribution in [3.63, 3.8) is 0 Å². The number of anilines is 1. The number of nitrogens with zero attached hydrogens (tertiary/aromatic N) is 1. The lowest BCUT2D eigenvalue weighted by molar-refractivity contribution is -0.384. The maximum Gasteiger partial charge on any atom is 0.339 e. The molecule has 124 valence electrons. The van der Waals surface area contributed by atoms with Gasteiger partial charge in [0.05, 0.1) is 16.2 Å². The second-order valence-electron chi connectivity index (χ2n) is 4.82. The first-order chi connectivity index (χ1) is 11.4. The summed E-state index contributed by atoms with van der Waals surface area (Å²) in [5, 5.41) is 13.0. The second kappa shape index (κ2) is 7.32. The molecule has 1 amide bonds. The summed E-state index contributed by atoms with van der Waals surface area (Å²) in [6.45, 7) is 1.31. The molecule has 1 N–H and O–H groups in total. The number of rotatable bonds is 5. The minimum atomic E-state index is -1.21. The van der Waals surface area contributed by atoms with Crippen LogP contribution in [0.25, 0.3) is 0 Å². The molecule has 2 aromatic carbocycles. The van der Waals surface area contributed by atoms with Crippen molar-refractivity contribution in [2.45, 2.75) is 13.0 Å². The normalized spacial score (nSPS) is 11.4. The summed E-state index contributed by atoms with van der Waals surface area (Å²) in [5.41, 5.74) is -0.372. The van der Waals surface area contributed by atoms with E-state index in [-0.39, 0.29) is 16.9 Å². The zero-order valence-electron chi connectivity index (χ0n) is 12.6. The first-order valence-corrected chi connectivity index (χ1v) is 6.89. The molecule has 2 rings (SSSR count). The van der Waals surface area contributed by atoms with Gasteiger partial charge in [-0.25, -0.2) is 9.18 Å². The van der Waals surface area contributed by atoms with E-state index in [1.54, 1.807) is 6.07 Å². The Hall–Kier alpha value is -3.29. The summed E-state index contributed by atoms with van der Waals surface area (Å²) >= 11 is 0. The lowest BCUT2D eigenvalue weighted by atomic mass is 10.2. The van der Waals surface area contributed by atoms with E-state index in [9.17, 15) is 24.1 Å². The molecular formula is C16H13FN2O5. The van der Waals surface area contributed by atoms with Crippen LogP contribution in [0.1, 0.15) is 17.3 Å². The Kier molecular flexibility index (Phi) is 5.20. The van der Waals surface area contributed by atoms with Crippen molar-refractivity contribution in [2.24, 2.45) is 0 Å². The fraction of sp³-hybridized carbons (Fsp3) is 0.125. The van der Waals surface area contributed by atoms with Crippen LogP contribution in [0.3, 0.4) is 0 Å². The van der Waals surface area contributed by atoms with Gasteiger partial charge in [-0.1, -0.05) is 18.2 Å². The highest BCUT2D eigenvalue weighted by molar-refractivity contribution is 5.97. The summed E-state index contributed by atoms with van der Waals surface area (Å²) in [6.07, 6.45) is -1.21. The Balaban J connectivity index is 2.03. The highest BCUT2D eigenvalue weighted by Gasteiger charge is 2.21. The maximum absolute atomic E-state index is 13.5. The molecule has 0 aliphatic heterocycles. The molecule has 24 heavy (non-hydrogen) atoms. The lowest BCUT2D eigenvalue weighted by Crippen LogP contribution is -2.30. The highest BCUT2D eigenvalue weighted by atomic mass is 19.1. The van der Waals surface area contributed by atoms with Crippen molar-refractivity contribution >= 4 is 23.3 Å². The molecule has 0 aliphatic rings. The van der Waals surface area contributed by atoms with E-state index in [0.29, 0.717) is 0 Å². The predicted octanol–water partition coefficient (Wildman–Crippen LogP) is 2.92. The molecule has 8 heteroatoms. The number of hydrogen-bond acceptors (Lipinski definition) is 5. The molecule has 0 fully saturated rings. The van der Waals surface area contributed by atoms with Crippen LogP contribution in [0.4, 0.5) is 15.8 Å². The number of carbonyl (C=O) groups excluding carboxylic acids is 2. The average molecular weight is 332 g/mol. The standard InChI is InChI=1S/C16H13FN2O5/c1-10(15(20)18-14-8-3-2-7-13(14)17)24-16(21)11-5-4-6-12(9-11)19(22)23/h2-10H,1H3,(H,18,20)/t10-/m1/s1. The van der Waals surface area contributed by atoms with E-state index in [1.807, 2.05) is 0 Å². The number of nitro groups is 1. The quantitative estimate of drug-likeness (QED) is 0.515. The number of halogens is 1. The van der Waals surface area contributed by atoms with Gasteiger partial charge in [0, 0.05) is 12.1 Å². The predicted molar refractivity (Wildman–Crippen MR) is 83.0 cm³/mol. The number of non-ortho nitro benzene ring substituents is 1. The Morgan fingerprint density at radius 3 is 2.58 bits per heavy atom. The van der Waals surface area contributed by atoms with Crippen LogP contribution in [0.2, 0.25) is 0 Å². The fourth-order valence-corrected chi connectivity index (χ4v) is 1.83. The number of nitrogens with one attached hydrogen (secondary N) is 1. The number of benzene rings is 2. The van der Waals surface area contributed by atoms with Crippen LogP contribution in [0.15, 0.2) is 48.5 Å². The molecule has 0 spiro atoms. The Bertz CT molecular complexity index is 794. The zero-order chi connectivity index (χ0) is 17.7. The number of para-hydroxylation sites is 1. The Morgan fingerprint density at radius 1 is 1.21 bits per heavy atom. The van der Waals surface area contributed by atoms with Gasteiger partial charge in [0.1, 0.15) is 5.82 Å². The lowest BCUT2D eigenvalue weighted by Gasteiger charge is -2.13. The van der Waals surface area contributed by atoms with E-state index < -0.39 is 28.7 Å². The summed E-state index contributed by atoms with van der Waals surface area (Å²) in [4.78, 5) is 33.9. The molecule has 0 unspecified atom stereocenters. The monoisotopic (exact) mass is 332 g/mol. The molecule has 0 saturated carbocycles. The van der Waals surface area contributed by atoms with Gasteiger partial charge >= 0.3 is 5.97 Å². The Labute approximate surface area is 136 Å². The number of carbonyl (C=O) groups is 2. The van der Waals surface area contributed by atoms with Crippen LogP contribution < -0.4 is 5.32 Å². The minimum absolute atomic E-state index is 0.0410. The molecule has 7 nitrogen and oxygen atoms in total. The van der Waals surface area contributed by atoms with Crippen molar-refractivity contribution in [1.82, 2.24) is 0 Å². The smallest absolute Gasteiger partial charge is 0.339 e. The second-order valence-corrected chi connectivity index (χ2v) is 4.82. The zero-order valence-corrected chi connectivity index (χ0v) is 12.6. The summed E-state index contributed by atoms with van der Waals surface area (Å²) < 4.78 is 18.4. The number of amides is 1. The van der Waals surface area contributed by atoms with Crippen LogP contribution in [-0.2, 0) is 9.53 Å². The van der Waals surface area contributed by atoms with Gasteiger partial charge in [-0.05, 0) is 25.1 Å². The van der Waals surface area contributed by atoms with Crippen LogP contribution in [0.5, 0.6) is 0 Å². The first kappa shape index (κ1) is 17.1. The molecule has 0 aromatic heterocycles. The number of esters is 1. The van der Waals surface area contributed by atoms with Crippen molar-refractivity contribution in [3.05, 3.63) is 70.0 Å². The number of nitro benzene ring substituents is 1. The van der Waals surface area contributed by atoms with E-state index in [2.05, 4.69) is 5.32 Å². The van der Waals surface area contributed by atoms with Crippen molar-refractivity contribution in [2.75, 3.05) is 5.32 Å². The molecule has 0 saturated heterocycles. The molecular weight excluding hydrogens is 319 g/mol. The van der Waals surface area contributed by atoms with Crippen molar-refractivity contribution in [3.8, 4) is 0 Å². The third kappa shape index (κ3) is 4.13. The van der Waals surface area contributed by atoms with Crippen LogP contribution in [0, 0.1) is 15.9 Å². The van der Waals surface area contributed by atoms with Crippen LogP contribution >= 0.6 is 0 Å². The van der Waals surface area contributed by atoms with E-state index >= 15 is 0 Å². The molecule has 0 radical (unpaired) electrons. The number of ether oxygens (including phenoxy) is 1. The van der Waals surface area contributed by atoms with Gasteiger partial charge in [-0.3, -0.25) is 14.9 Å². The SMILES string of the molecule is C[C@@H](OC(=O)c1cccc([N+](=O)[O-])c1)C(=O)Nc1ccccc1F. The van der Waals surface area contributed by atoms with Gasteiger partial charge in [0.25, 0.3) is 11.6 Å². The van der Waals surface area contributed by atoms with Crippen LogP contribution in [-0.4, -0.2) is 22.9 Å². The van der Waals surface area contributed by atoms with Crippen molar-refractivity contribution < 1.29 is 23.6 Å². The van der Waals surface area contributed by atoms with Gasteiger partial charge in [-0.2, -0.15) is 0 Å². The molecule has 0 aliphatic carbocycles.